The largest absolute Gasteiger partial charge is 0.424 e. The van der Waals surface area contributed by atoms with Crippen LogP contribution in [0.3, 0.4) is 0 Å². The maximum atomic E-state index is 11.2. The summed E-state index contributed by atoms with van der Waals surface area (Å²) in [7, 11) is 0. The Kier molecular flexibility index (Phi) is 4.84. The van der Waals surface area contributed by atoms with Crippen LogP contribution >= 0.6 is 23.2 Å². The Labute approximate surface area is 149 Å². The number of benzene rings is 2. The highest BCUT2D eigenvalue weighted by Gasteiger charge is 2.06. The lowest BCUT2D eigenvalue weighted by Crippen LogP contribution is -2.02. The number of para-hydroxylation sites is 1. The van der Waals surface area contributed by atoms with Crippen LogP contribution < -0.4 is 4.74 Å². The molecule has 0 bridgehead atoms. The zero-order valence-corrected chi connectivity index (χ0v) is 14.3. The normalized spacial score (nSPS) is 11.1. The quantitative estimate of drug-likeness (QED) is 0.449. The molecule has 0 radical (unpaired) electrons. The van der Waals surface area contributed by atoms with Crippen LogP contribution in [0.25, 0.3) is 23.1 Å². The average Bonchev–Trinajstić information content (AvgIpc) is 2.56. The average molecular weight is 358 g/mol. The lowest BCUT2D eigenvalue weighted by Gasteiger charge is -2.06. The summed E-state index contributed by atoms with van der Waals surface area (Å²) < 4.78 is 5.22. The van der Waals surface area contributed by atoms with E-state index in [0.717, 1.165) is 16.6 Å². The van der Waals surface area contributed by atoms with Crippen LogP contribution in [0.1, 0.15) is 18.2 Å². The van der Waals surface area contributed by atoms with E-state index in [4.69, 9.17) is 27.9 Å². The number of hydrogen-bond donors (Lipinski definition) is 0. The number of fused-ring (bicyclic) bond motifs is 1. The summed E-state index contributed by atoms with van der Waals surface area (Å²) in [5.41, 5.74) is 2.16. The number of carbonyl (C=O) groups is 1. The number of carbonyl (C=O) groups excluding carboxylic acids is 1. The van der Waals surface area contributed by atoms with E-state index < -0.39 is 0 Å². The van der Waals surface area contributed by atoms with Gasteiger partial charge in [-0.15, -0.1) is 0 Å². The van der Waals surface area contributed by atoms with Crippen LogP contribution in [0.5, 0.6) is 5.75 Å². The number of aromatic nitrogens is 1. The van der Waals surface area contributed by atoms with Gasteiger partial charge in [0.1, 0.15) is 5.52 Å². The van der Waals surface area contributed by atoms with Crippen molar-refractivity contribution in [1.29, 1.82) is 0 Å². The zero-order chi connectivity index (χ0) is 17.1. The van der Waals surface area contributed by atoms with Crippen molar-refractivity contribution in [3.8, 4) is 5.75 Å². The summed E-state index contributed by atoms with van der Waals surface area (Å²) in [5.74, 6) is 0.0620. The Hall–Kier alpha value is -2.36. The molecule has 0 unspecified atom stereocenters. The van der Waals surface area contributed by atoms with Gasteiger partial charge in [-0.2, -0.15) is 0 Å². The number of pyridine rings is 1. The predicted octanol–water partition coefficient (Wildman–Crippen LogP) is 5.64. The number of hydrogen-bond acceptors (Lipinski definition) is 3. The summed E-state index contributed by atoms with van der Waals surface area (Å²) in [6.07, 6.45) is 3.68. The second-order valence-electron chi connectivity index (χ2n) is 5.13. The van der Waals surface area contributed by atoms with E-state index in [-0.39, 0.29) is 5.97 Å². The van der Waals surface area contributed by atoms with Gasteiger partial charge in [-0.3, -0.25) is 4.79 Å². The molecule has 0 aliphatic heterocycles. The molecule has 0 aliphatic carbocycles. The van der Waals surface area contributed by atoms with Gasteiger partial charge in [0.25, 0.3) is 0 Å². The van der Waals surface area contributed by atoms with Gasteiger partial charge >= 0.3 is 5.97 Å². The molecule has 2 aromatic carbocycles. The van der Waals surface area contributed by atoms with Gasteiger partial charge in [0, 0.05) is 12.3 Å². The van der Waals surface area contributed by atoms with Crippen molar-refractivity contribution in [1.82, 2.24) is 4.98 Å². The highest BCUT2D eigenvalue weighted by Crippen LogP contribution is 2.28. The van der Waals surface area contributed by atoms with Crippen molar-refractivity contribution in [2.45, 2.75) is 6.92 Å². The lowest BCUT2D eigenvalue weighted by atomic mass is 10.1. The van der Waals surface area contributed by atoms with Gasteiger partial charge in [0.2, 0.25) is 0 Å². The van der Waals surface area contributed by atoms with Crippen LogP contribution in [0.4, 0.5) is 0 Å². The molecule has 1 aromatic heterocycles. The molecule has 0 saturated carbocycles. The van der Waals surface area contributed by atoms with Crippen molar-refractivity contribution in [2.24, 2.45) is 0 Å². The monoisotopic (exact) mass is 357 g/mol. The van der Waals surface area contributed by atoms with Gasteiger partial charge in [-0.1, -0.05) is 59.6 Å². The van der Waals surface area contributed by atoms with E-state index >= 15 is 0 Å². The first-order chi connectivity index (χ1) is 11.5. The Balaban J connectivity index is 1.99. The Morgan fingerprint density at radius 3 is 2.62 bits per heavy atom. The van der Waals surface area contributed by atoms with E-state index in [1.165, 1.54) is 6.92 Å². The van der Waals surface area contributed by atoms with E-state index in [1.54, 1.807) is 12.1 Å². The fourth-order valence-electron chi connectivity index (χ4n) is 2.29. The molecule has 24 heavy (non-hydrogen) atoms. The zero-order valence-electron chi connectivity index (χ0n) is 12.8. The fraction of sp³-hybridized carbons (Fsp3) is 0.0526. The first-order valence-electron chi connectivity index (χ1n) is 7.25. The molecule has 5 heteroatoms. The van der Waals surface area contributed by atoms with E-state index in [9.17, 15) is 4.79 Å². The molecule has 3 nitrogen and oxygen atoms in total. The van der Waals surface area contributed by atoms with Gasteiger partial charge < -0.3 is 4.74 Å². The number of esters is 1. The van der Waals surface area contributed by atoms with Crippen LogP contribution in [0.15, 0.2) is 48.5 Å². The number of nitrogens with zero attached hydrogens (tertiary/aromatic N) is 1. The maximum Gasteiger partial charge on any atom is 0.308 e. The SMILES string of the molecule is CC(=O)Oc1cccc2ccc(C=Cc3cccc(Cl)c3Cl)nc12. The summed E-state index contributed by atoms with van der Waals surface area (Å²) in [6.45, 7) is 1.36. The summed E-state index contributed by atoms with van der Waals surface area (Å²) in [4.78, 5) is 15.8. The molecule has 3 rings (SSSR count). The van der Waals surface area contributed by atoms with Crippen molar-refractivity contribution in [3.05, 3.63) is 69.8 Å². The van der Waals surface area contributed by atoms with Crippen LogP contribution in [-0.2, 0) is 4.79 Å². The van der Waals surface area contributed by atoms with Gasteiger partial charge in [0.15, 0.2) is 5.75 Å². The van der Waals surface area contributed by atoms with E-state index in [1.807, 2.05) is 48.6 Å². The molecule has 0 N–H and O–H groups in total. The predicted molar refractivity (Wildman–Crippen MR) is 98.4 cm³/mol. The van der Waals surface area contributed by atoms with Crippen LogP contribution in [-0.4, -0.2) is 11.0 Å². The first-order valence-corrected chi connectivity index (χ1v) is 8.00. The third kappa shape index (κ3) is 3.58. The van der Waals surface area contributed by atoms with Crippen molar-refractivity contribution in [2.75, 3.05) is 0 Å². The maximum absolute atomic E-state index is 11.2. The Morgan fingerprint density at radius 2 is 1.83 bits per heavy atom. The Bertz CT molecular complexity index is 951. The smallest absolute Gasteiger partial charge is 0.308 e. The minimum atomic E-state index is -0.379. The number of ether oxygens (including phenoxy) is 1. The van der Waals surface area contributed by atoms with Crippen LogP contribution in [0, 0.1) is 0 Å². The fourth-order valence-corrected chi connectivity index (χ4v) is 2.66. The molecule has 0 amide bonds. The summed E-state index contributed by atoms with van der Waals surface area (Å²) >= 11 is 12.2. The molecule has 0 spiro atoms. The highest BCUT2D eigenvalue weighted by molar-refractivity contribution is 6.42. The molecule has 0 aliphatic rings. The topological polar surface area (TPSA) is 39.2 Å². The summed E-state index contributed by atoms with van der Waals surface area (Å²) in [6, 6.07) is 14.7. The minimum absolute atomic E-state index is 0.379. The molecule has 120 valence electrons. The van der Waals surface area contributed by atoms with E-state index in [2.05, 4.69) is 4.98 Å². The van der Waals surface area contributed by atoms with Gasteiger partial charge in [0.05, 0.1) is 15.7 Å². The van der Waals surface area contributed by atoms with E-state index in [0.29, 0.717) is 21.3 Å². The highest BCUT2D eigenvalue weighted by atomic mass is 35.5. The van der Waals surface area contributed by atoms with Crippen LogP contribution in [0.2, 0.25) is 10.0 Å². The molecule has 0 atom stereocenters. The first kappa shape index (κ1) is 16.5. The molecule has 1 heterocycles. The number of rotatable bonds is 3. The molecular weight excluding hydrogens is 345 g/mol. The molecule has 0 fully saturated rings. The second-order valence-corrected chi connectivity index (χ2v) is 5.92. The summed E-state index contributed by atoms with van der Waals surface area (Å²) in [5, 5.41) is 1.89. The Morgan fingerprint density at radius 1 is 1.04 bits per heavy atom. The lowest BCUT2D eigenvalue weighted by molar-refractivity contribution is -0.131. The van der Waals surface area contributed by atoms with Gasteiger partial charge in [-0.25, -0.2) is 4.98 Å². The molecule has 0 saturated heterocycles. The molecule has 3 aromatic rings. The molecular formula is C19H13Cl2NO2. The third-order valence-corrected chi connectivity index (χ3v) is 4.21. The standard InChI is InChI=1S/C19H13Cl2NO2/c1-12(23)24-17-7-3-5-14-9-11-15(22-19(14)17)10-8-13-4-2-6-16(20)18(13)21/h2-11H,1H3. The van der Waals surface area contributed by atoms with Crippen molar-refractivity contribution in [3.63, 3.8) is 0 Å². The van der Waals surface area contributed by atoms with Crippen molar-refractivity contribution >= 4 is 52.2 Å². The van der Waals surface area contributed by atoms with Crippen molar-refractivity contribution < 1.29 is 9.53 Å². The second kappa shape index (κ2) is 7.04. The number of halogens is 2. The van der Waals surface area contributed by atoms with Gasteiger partial charge in [-0.05, 0) is 29.8 Å². The minimum Gasteiger partial charge on any atom is -0.424 e. The third-order valence-electron chi connectivity index (χ3n) is 3.37.